The second-order valence-corrected chi connectivity index (χ2v) is 7.79. The number of rotatable bonds is 4. The molecule has 1 heterocycles. The summed E-state index contributed by atoms with van der Waals surface area (Å²) >= 11 is 6.09. The van der Waals surface area contributed by atoms with Crippen molar-refractivity contribution in [2.75, 3.05) is 5.32 Å². The van der Waals surface area contributed by atoms with E-state index in [2.05, 4.69) is 10.3 Å². The van der Waals surface area contributed by atoms with Crippen molar-refractivity contribution in [3.8, 4) is 0 Å². The van der Waals surface area contributed by atoms with Gasteiger partial charge in [0.05, 0.1) is 11.0 Å². The van der Waals surface area contributed by atoms with E-state index >= 15 is 0 Å². The highest BCUT2D eigenvalue weighted by atomic mass is 35.5. The number of anilines is 1. The van der Waals surface area contributed by atoms with E-state index in [-0.39, 0.29) is 17.5 Å². The van der Waals surface area contributed by atoms with Gasteiger partial charge in [-0.25, -0.2) is 4.98 Å². The molecule has 2 aromatic carbocycles. The molecule has 0 spiro atoms. The molecule has 1 amide bonds. The highest BCUT2D eigenvalue weighted by molar-refractivity contribution is 6.31. The molecule has 31 heavy (non-hydrogen) atoms. The fourth-order valence-electron chi connectivity index (χ4n) is 3.40. The van der Waals surface area contributed by atoms with Gasteiger partial charge in [-0.05, 0) is 68.1 Å². The fraction of sp³-hybridized carbons (Fsp3) is 0.318. The second-order valence-electron chi connectivity index (χ2n) is 7.38. The first-order chi connectivity index (χ1) is 14.5. The van der Waals surface area contributed by atoms with Crippen molar-refractivity contribution < 1.29 is 18.0 Å². The Morgan fingerprint density at radius 3 is 2.45 bits per heavy atom. The maximum absolute atomic E-state index is 13.6. The zero-order chi connectivity index (χ0) is 23.1. The maximum Gasteiger partial charge on any atom is 0.438 e. The van der Waals surface area contributed by atoms with Crippen molar-refractivity contribution >= 4 is 34.2 Å². The Morgan fingerprint density at radius 1 is 1.19 bits per heavy atom. The number of nitrogens with one attached hydrogen (secondary N) is 1. The number of halogens is 4. The molecule has 0 bridgehead atoms. The third kappa shape index (κ3) is 4.30. The van der Waals surface area contributed by atoms with Gasteiger partial charge in [0.25, 0.3) is 5.56 Å². The van der Waals surface area contributed by atoms with Gasteiger partial charge in [0, 0.05) is 10.7 Å². The van der Waals surface area contributed by atoms with Crippen LogP contribution in [0.4, 0.5) is 18.9 Å². The Balaban J connectivity index is 2.23. The molecule has 3 aromatic rings. The monoisotopic (exact) mass is 451 g/mol. The zero-order valence-corrected chi connectivity index (χ0v) is 18.1. The largest absolute Gasteiger partial charge is 0.438 e. The van der Waals surface area contributed by atoms with E-state index in [4.69, 9.17) is 11.6 Å². The van der Waals surface area contributed by atoms with E-state index in [1.54, 1.807) is 52.0 Å². The van der Waals surface area contributed by atoms with E-state index in [1.165, 1.54) is 6.07 Å². The lowest BCUT2D eigenvalue weighted by Gasteiger charge is -2.22. The summed E-state index contributed by atoms with van der Waals surface area (Å²) in [4.78, 5) is 29.6. The van der Waals surface area contributed by atoms with Crippen LogP contribution in [0.5, 0.6) is 0 Å². The van der Waals surface area contributed by atoms with Gasteiger partial charge in [-0.3, -0.25) is 14.2 Å². The lowest BCUT2D eigenvalue weighted by Crippen LogP contribution is -2.37. The average molecular weight is 452 g/mol. The number of aromatic nitrogens is 2. The molecular weight excluding hydrogens is 431 g/mol. The third-order valence-electron chi connectivity index (χ3n) is 5.30. The van der Waals surface area contributed by atoms with Crippen molar-refractivity contribution in [3.63, 3.8) is 0 Å². The lowest BCUT2D eigenvalue weighted by atomic mass is 10.1. The van der Waals surface area contributed by atoms with Crippen LogP contribution in [0.1, 0.15) is 41.8 Å². The summed E-state index contributed by atoms with van der Waals surface area (Å²) in [7, 11) is 0. The molecule has 0 radical (unpaired) electrons. The molecule has 0 unspecified atom stereocenters. The first-order valence-electron chi connectivity index (χ1n) is 9.62. The van der Waals surface area contributed by atoms with Gasteiger partial charge in [-0.15, -0.1) is 0 Å². The van der Waals surface area contributed by atoms with Gasteiger partial charge in [0.2, 0.25) is 11.6 Å². The van der Waals surface area contributed by atoms with Crippen molar-refractivity contribution in [2.24, 2.45) is 0 Å². The van der Waals surface area contributed by atoms with Crippen LogP contribution < -0.4 is 10.9 Å². The van der Waals surface area contributed by atoms with Gasteiger partial charge >= 0.3 is 6.18 Å². The van der Waals surface area contributed by atoms with Crippen LogP contribution in [0.3, 0.4) is 0 Å². The van der Waals surface area contributed by atoms with E-state index in [0.717, 1.165) is 15.7 Å². The van der Waals surface area contributed by atoms with E-state index in [9.17, 15) is 22.8 Å². The number of aryl methyl sites for hydroxylation is 2. The van der Waals surface area contributed by atoms with Crippen LogP contribution >= 0.6 is 11.6 Å². The van der Waals surface area contributed by atoms with Gasteiger partial charge in [0.15, 0.2) is 0 Å². The number of alkyl halides is 3. The summed E-state index contributed by atoms with van der Waals surface area (Å²) in [6.45, 7) is 6.85. The molecule has 1 N–H and O–H groups in total. The minimum Gasteiger partial charge on any atom is -0.324 e. The smallest absolute Gasteiger partial charge is 0.324 e. The molecule has 0 saturated heterocycles. The lowest BCUT2D eigenvalue weighted by molar-refractivity contribution is -0.142. The summed E-state index contributed by atoms with van der Waals surface area (Å²) in [5, 5.41) is 3.13. The minimum atomic E-state index is -4.95. The van der Waals surface area contributed by atoms with Gasteiger partial charge in [0.1, 0.15) is 6.04 Å². The predicted octanol–water partition coefficient (Wildman–Crippen LogP) is 5.58. The van der Waals surface area contributed by atoms with Crippen molar-refractivity contribution in [2.45, 2.75) is 46.3 Å². The molecule has 164 valence electrons. The third-order valence-corrected chi connectivity index (χ3v) is 5.71. The van der Waals surface area contributed by atoms with Crippen molar-refractivity contribution in [3.05, 3.63) is 68.1 Å². The van der Waals surface area contributed by atoms with Crippen LogP contribution in [-0.4, -0.2) is 15.5 Å². The number of amides is 1. The number of hydrogen-bond acceptors (Lipinski definition) is 3. The summed E-state index contributed by atoms with van der Waals surface area (Å²) in [5.41, 5.74) is -0.201. The molecular formula is C22H21ClF3N3O2. The van der Waals surface area contributed by atoms with Crippen LogP contribution in [0.15, 0.2) is 35.1 Å². The fourth-order valence-corrected chi connectivity index (χ4v) is 3.57. The normalized spacial score (nSPS) is 12.8. The van der Waals surface area contributed by atoms with Gasteiger partial charge < -0.3 is 5.32 Å². The van der Waals surface area contributed by atoms with Crippen LogP contribution in [0.25, 0.3) is 11.0 Å². The summed E-state index contributed by atoms with van der Waals surface area (Å²) < 4.78 is 41.6. The molecule has 1 atom stereocenters. The molecule has 0 aliphatic rings. The Kier molecular flexibility index (Phi) is 6.14. The molecule has 0 saturated carbocycles. The maximum atomic E-state index is 13.6. The highest BCUT2D eigenvalue weighted by Gasteiger charge is 2.39. The first kappa shape index (κ1) is 22.8. The SMILES string of the molecule is CC[C@H](C(=O)Nc1cccc(Cl)c1C)n1c(=O)c(C(F)(F)F)nc2cc(C)c(C)cc21. The molecule has 0 fully saturated rings. The quantitative estimate of drug-likeness (QED) is 0.563. The number of hydrogen-bond donors (Lipinski definition) is 1. The topological polar surface area (TPSA) is 64.0 Å². The van der Waals surface area contributed by atoms with E-state index < -0.39 is 29.4 Å². The average Bonchev–Trinajstić information content (AvgIpc) is 2.68. The van der Waals surface area contributed by atoms with Crippen LogP contribution in [0.2, 0.25) is 5.02 Å². The van der Waals surface area contributed by atoms with Crippen molar-refractivity contribution in [1.29, 1.82) is 0 Å². The van der Waals surface area contributed by atoms with E-state index in [1.807, 2.05) is 0 Å². The summed E-state index contributed by atoms with van der Waals surface area (Å²) in [6.07, 6.45) is -4.86. The number of carbonyl (C=O) groups excluding carboxylic acids is 1. The number of carbonyl (C=O) groups is 1. The minimum absolute atomic E-state index is 0.000195. The van der Waals surface area contributed by atoms with E-state index in [0.29, 0.717) is 16.3 Å². The molecule has 1 aromatic heterocycles. The Morgan fingerprint density at radius 2 is 1.84 bits per heavy atom. The van der Waals surface area contributed by atoms with Gasteiger partial charge in [-0.2, -0.15) is 13.2 Å². The van der Waals surface area contributed by atoms with Crippen molar-refractivity contribution in [1.82, 2.24) is 9.55 Å². The molecule has 0 aliphatic carbocycles. The van der Waals surface area contributed by atoms with Gasteiger partial charge in [-0.1, -0.05) is 24.6 Å². The molecule has 0 aliphatic heterocycles. The zero-order valence-electron chi connectivity index (χ0n) is 17.4. The highest BCUT2D eigenvalue weighted by Crippen LogP contribution is 2.30. The number of nitrogens with zero attached hydrogens (tertiary/aromatic N) is 2. The standard InChI is InChI=1S/C22H21ClF3N3O2/c1-5-17(20(30)28-15-8-6-7-14(23)13(15)4)29-18-10-12(3)11(2)9-16(18)27-19(21(29)31)22(24,25)26/h6-10,17H,5H2,1-4H3,(H,28,30)/t17-/m1/s1. The molecule has 3 rings (SSSR count). The van der Waals surface area contributed by atoms with Crippen LogP contribution in [-0.2, 0) is 11.0 Å². The molecule has 9 heteroatoms. The number of benzene rings is 2. The Labute approximate surface area is 181 Å². The first-order valence-corrected chi connectivity index (χ1v) is 10.00. The summed E-state index contributed by atoms with van der Waals surface area (Å²) in [6, 6.07) is 6.83. The van der Waals surface area contributed by atoms with Crippen LogP contribution in [0, 0.1) is 20.8 Å². The summed E-state index contributed by atoms with van der Waals surface area (Å²) in [5.74, 6) is -0.617. The molecule has 5 nitrogen and oxygen atoms in total. The predicted molar refractivity (Wildman–Crippen MR) is 115 cm³/mol. The Hall–Kier alpha value is -2.87. The second kappa shape index (κ2) is 8.34. The number of fused-ring (bicyclic) bond motifs is 1. The Bertz CT molecular complexity index is 1240.